The molecule has 0 N–H and O–H groups in total. The second kappa shape index (κ2) is 6.41. The number of piperidine rings is 1. The molecule has 3 aliphatic heterocycles. The summed E-state index contributed by atoms with van der Waals surface area (Å²) in [5.41, 5.74) is 0.731. The van der Waals surface area contributed by atoms with E-state index in [1.165, 1.54) is 0 Å². The van der Waals surface area contributed by atoms with E-state index in [0.717, 1.165) is 18.5 Å². The molecule has 25 heavy (non-hydrogen) atoms. The van der Waals surface area contributed by atoms with Crippen LogP contribution in [0.4, 0.5) is 0 Å². The number of ether oxygens (including phenoxy) is 2. The van der Waals surface area contributed by atoms with Crippen LogP contribution < -0.4 is 9.47 Å². The van der Waals surface area contributed by atoms with Crippen molar-refractivity contribution in [3.05, 3.63) is 22.7 Å². The summed E-state index contributed by atoms with van der Waals surface area (Å²) in [6, 6.07) is 3.50. The Morgan fingerprint density at radius 2 is 1.96 bits per heavy atom. The molecule has 7 heteroatoms. The maximum Gasteiger partial charge on any atom is 0.227 e. The molecule has 2 fully saturated rings. The Balaban J connectivity index is 1.47. The molecule has 4 rings (SSSR count). The minimum Gasteiger partial charge on any atom is -0.486 e. The molecule has 2 unspecified atom stereocenters. The molecule has 0 bridgehead atoms. The molecule has 0 radical (unpaired) electrons. The monoisotopic (exact) mass is 364 g/mol. The van der Waals surface area contributed by atoms with Crippen LogP contribution in [0.25, 0.3) is 0 Å². The van der Waals surface area contributed by atoms with Crippen molar-refractivity contribution in [3.8, 4) is 11.5 Å². The van der Waals surface area contributed by atoms with Crippen LogP contribution in [0.2, 0.25) is 5.02 Å². The lowest BCUT2D eigenvalue weighted by molar-refractivity contribution is -0.138. The number of carbonyl (C=O) groups excluding carboxylic acids is 2. The fourth-order valence-electron chi connectivity index (χ4n) is 3.92. The number of carbonyl (C=O) groups is 2. The number of hydrogen-bond acceptors (Lipinski definition) is 4. The molecule has 134 valence electrons. The third-order valence-corrected chi connectivity index (χ3v) is 5.73. The highest BCUT2D eigenvalue weighted by molar-refractivity contribution is 6.31. The molecule has 0 saturated carbocycles. The van der Waals surface area contributed by atoms with Gasteiger partial charge < -0.3 is 19.3 Å². The number of benzene rings is 1. The van der Waals surface area contributed by atoms with Crippen molar-refractivity contribution in [3.63, 3.8) is 0 Å². The van der Waals surface area contributed by atoms with E-state index in [9.17, 15) is 9.59 Å². The Hall–Kier alpha value is -1.95. The van der Waals surface area contributed by atoms with Gasteiger partial charge in [-0.25, -0.2) is 0 Å². The van der Waals surface area contributed by atoms with Gasteiger partial charge in [-0.15, -0.1) is 0 Å². The minimum absolute atomic E-state index is 0.00318. The Bertz CT molecular complexity index is 723. The zero-order valence-electron chi connectivity index (χ0n) is 14.2. The Morgan fingerprint density at radius 3 is 2.72 bits per heavy atom. The van der Waals surface area contributed by atoms with E-state index in [-0.39, 0.29) is 30.1 Å². The molecule has 2 amide bonds. The van der Waals surface area contributed by atoms with Gasteiger partial charge >= 0.3 is 0 Å². The first-order chi connectivity index (χ1) is 12.0. The first-order valence-corrected chi connectivity index (χ1v) is 9.01. The third kappa shape index (κ3) is 3.03. The molecule has 3 heterocycles. The van der Waals surface area contributed by atoms with Gasteiger partial charge in [0, 0.05) is 37.8 Å². The summed E-state index contributed by atoms with van der Waals surface area (Å²) in [6.07, 6.45) is 1.17. The molecule has 0 aliphatic carbocycles. The first kappa shape index (κ1) is 16.5. The van der Waals surface area contributed by atoms with Crippen molar-refractivity contribution in [2.75, 3.05) is 39.9 Å². The number of likely N-dealkylation sites (tertiary alicyclic amines) is 2. The molecule has 0 spiro atoms. The predicted octanol–water partition coefficient (Wildman–Crippen LogP) is 1.59. The smallest absolute Gasteiger partial charge is 0.227 e. The number of hydrogen-bond donors (Lipinski definition) is 0. The average molecular weight is 365 g/mol. The average Bonchev–Trinajstić information content (AvgIpc) is 3.04. The molecule has 0 aromatic heterocycles. The van der Waals surface area contributed by atoms with Gasteiger partial charge in [0.15, 0.2) is 11.5 Å². The van der Waals surface area contributed by atoms with Gasteiger partial charge in [0.1, 0.15) is 13.2 Å². The third-order valence-electron chi connectivity index (χ3n) is 5.38. The maximum atomic E-state index is 12.7. The van der Waals surface area contributed by atoms with Crippen molar-refractivity contribution >= 4 is 23.4 Å². The first-order valence-electron chi connectivity index (χ1n) is 8.63. The van der Waals surface area contributed by atoms with Crippen molar-refractivity contribution in [2.24, 2.45) is 11.8 Å². The van der Waals surface area contributed by atoms with Crippen LogP contribution in [0.3, 0.4) is 0 Å². The quantitative estimate of drug-likeness (QED) is 0.799. The lowest BCUT2D eigenvalue weighted by Crippen LogP contribution is -2.42. The summed E-state index contributed by atoms with van der Waals surface area (Å²) in [5, 5.41) is 0.505. The Labute approximate surface area is 151 Å². The van der Waals surface area contributed by atoms with Crippen LogP contribution >= 0.6 is 11.6 Å². The van der Waals surface area contributed by atoms with E-state index in [1.807, 2.05) is 7.05 Å². The normalized spacial score (nSPS) is 25.1. The second-order valence-corrected chi connectivity index (χ2v) is 7.39. The van der Waals surface area contributed by atoms with Crippen molar-refractivity contribution in [1.82, 2.24) is 9.80 Å². The van der Waals surface area contributed by atoms with Gasteiger partial charge in [-0.05, 0) is 24.0 Å². The van der Waals surface area contributed by atoms with Crippen molar-refractivity contribution in [2.45, 2.75) is 12.8 Å². The Kier molecular flexibility index (Phi) is 4.23. The van der Waals surface area contributed by atoms with E-state index in [4.69, 9.17) is 21.1 Å². The van der Waals surface area contributed by atoms with Crippen molar-refractivity contribution in [1.29, 1.82) is 0 Å². The lowest BCUT2D eigenvalue weighted by Gasteiger charge is -2.30. The van der Waals surface area contributed by atoms with Gasteiger partial charge in [0.05, 0.1) is 12.3 Å². The van der Waals surface area contributed by atoms with Crippen LogP contribution in [-0.2, 0) is 16.0 Å². The van der Waals surface area contributed by atoms with Gasteiger partial charge in [0.2, 0.25) is 11.8 Å². The van der Waals surface area contributed by atoms with E-state index in [0.29, 0.717) is 42.8 Å². The SMILES string of the molecule is CN1CCC2CN(C(=O)Cc3cc4c(cc3Cl)OCCO4)CC2C1=O. The summed E-state index contributed by atoms with van der Waals surface area (Å²) in [7, 11) is 1.83. The zero-order valence-corrected chi connectivity index (χ0v) is 14.9. The molecule has 3 aliphatic rings. The number of fused-ring (bicyclic) bond motifs is 2. The fraction of sp³-hybridized carbons (Fsp3) is 0.556. The van der Waals surface area contributed by atoms with Gasteiger partial charge in [-0.1, -0.05) is 11.6 Å². The number of halogens is 1. The summed E-state index contributed by atoms with van der Waals surface area (Å²) >= 11 is 6.31. The fourth-order valence-corrected chi connectivity index (χ4v) is 4.14. The zero-order chi connectivity index (χ0) is 17.6. The highest BCUT2D eigenvalue weighted by Gasteiger charge is 2.43. The molecule has 6 nitrogen and oxygen atoms in total. The Morgan fingerprint density at radius 1 is 1.24 bits per heavy atom. The lowest BCUT2D eigenvalue weighted by atomic mass is 9.88. The largest absolute Gasteiger partial charge is 0.486 e. The standard InChI is InChI=1S/C18H21ClN2O4/c1-20-3-2-11-9-21(10-13(11)18(20)23)17(22)7-12-6-15-16(8-14(12)19)25-5-4-24-15/h6,8,11,13H,2-5,7,9-10H2,1H3. The number of amides is 2. The molecular weight excluding hydrogens is 344 g/mol. The second-order valence-electron chi connectivity index (χ2n) is 6.98. The van der Waals surface area contributed by atoms with Crippen LogP contribution in [0, 0.1) is 11.8 Å². The van der Waals surface area contributed by atoms with Crippen LogP contribution in [0.5, 0.6) is 11.5 Å². The number of rotatable bonds is 2. The molecule has 1 aromatic rings. The van der Waals surface area contributed by atoms with Crippen LogP contribution in [0.15, 0.2) is 12.1 Å². The van der Waals surface area contributed by atoms with E-state index in [2.05, 4.69) is 0 Å². The van der Waals surface area contributed by atoms with E-state index < -0.39 is 0 Å². The topological polar surface area (TPSA) is 59.1 Å². The van der Waals surface area contributed by atoms with Crippen LogP contribution in [-0.4, -0.2) is 61.5 Å². The van der Waals surface area contributed by atoms with Gasteiger partial charge in [0.25, 0.3) is 0 Å². The summed E-state index contributed by atoms with van der Waals surface area (Å²) < 4.78 is 11.1. The molecule has 1 aromatic carbocycles. The summed E-state index contributed by atoms with van der Waals surface area (Å²) in [5.74, 6) is 1.63. The molecule has 2 atom stereocenters. The minimum atomic E-state index is -0.0570. The van der Waals surface area contributed by atoms with Crippen LogP contribution in [0.1, 0.15) is 12.0 Å². The van der Waals surface area contributed by atoms with E-state index >= 15 is 0 Å². The summed E-state index contributed by atoms with van der Waals surface area (Å²) in [4.78, 5) is 28.6. The highest BCUT2D eigenvalue weighted by atomic mass is 35.5. The van der Waals surface area contributed by atoms with Crippen molar-refractivity contribution < 1.29 is 19.1 Å². The number of nitrogens with zero attached hydrogens (tertiary/aromatic N) is 2. The predicted molar refractivity (Wildman–Crippen MR) is 92.0 cm³/mol. The molecule has 2 saturated heterocycles. The maximum absolute atomic E-state index is 12.7. The van der Waals surface area contributed by atoms with Gasteiger partial charge in [-0.3, -0.25) is 9.59 Å². The summed E-state index contributed by atoms with van der Waals surface area (Å²) in [6.45, 7) is 2.93. The highest BCUT2D eigenvalue weighted by Crippen LogP contribution is 2.36. The van der Waals surface area contributed by atoms with E-state index in [1.54, 1.807) is 21.9 Å². The molecular formula is C18H21ClN2O4. The van der Waals surface area contributed by atoms with Gasteiger partial charge in [-0.2, -0.15) is 0 Å².